The van der Waals surface area contributed by atoms with Crippen molar-refractivity contribution in [2.45, 2.75) is 45.4 Å². The summed E-state index contributed by atoms with van der Waals surface area (Å²) in [6.45, 7) is 4.14. The van der Waals surface area contributed by atoms with Crippen LogP contribution in [0.3, 0.4) is 0 Å². The van der Waals surface area contributed by atoms with Crippen molar-refractivity contribution in [2.75, 3.05) is 7.11 Å². The van der Waals surface area contributed by atoms with Gasteiger partial charge in [0, 0.05) is 11.6 Å². The Balaban J connectivity index is 2.30. The van der Waals surface area contributed by atoms with Crippen molar-refractivity contribution in [3.63, 3.8) is 0 Å². The van der Waals surface area contributed by atoms with Gasteiger partial charge in [-0.3, -0.25) is 0 Å². The van der Waals surface area contributed by atoms with E-state index in [0.717, 1.165) is 30.3 Å². The summed E-state index contributed by atoms with van der Waals surface area (Å²) < 4.78 is 5.08. The van der Waals surface area contributed by atoms with Gasteiger partial charge in [-0.1, -0.05) is 32.0 Å². The van der Waals surface area contributed by atoms with Crippen LogP contribution in [0.2, 0.25) is 0 Å². The summed E-state index contributed by atoms with van der Waals surface area (Å²) >= 11 is 5.23. The normalized spacial score (nSPS) is 23.1. The molecule has 1 aromatic rings. The number of aromatic nitrogens is 2. The minimum atomic E-state index is -0.421. The van der Waals surface area contributed by atoms with Gasteiger partial charge in [-0.15, -0.1) is 0 Å². The molecule has 2 rings (SSSR count). The molecule has 104 valence electrons. The van der Waals surface area contributed by atoms with Crippen molar-refractivity contribution in [3.8, 4) is 0 Å². The largest absolute Gasteiger partial charge is 0.465 e. The molecule has 5 heteroatoms. The lowest BCUT2D eigenvalue weighted by molar-refractivity contribution is 0.0598. The third-order valence-corrected chi connectivity index (χ3v) is 4.21. The molecule has 1 aliphatic carbocycles. The van der Waals surface area contributed by atoms with Gasteiger partial charge < -0.3 is 9.72 Å². The standard InChI is InChI=1S/C14H20N2O2S/c1-8-4-6-10(7-5-8)12-15-9(2)11(13(19)16-12)14(17)18-3/h8,10H,4-7H2,1-3H3,(H,15,16,19). The van der Waals surface area contributed by atoms with Crippen LogP contribution in [0, 0.1) is 17.5 Å². The molecule has 1 heterocycles. The Morgan fingerprint density at radius 1 is 1.37 bits per heavy atom. The second kappa shape index (κ2) is 5.82. The number of esters is 1. The maximum absolute atomic E-state index is 11.6. The molecule has 0 spiro atoms. The van der Waals surface area contributed by atoms with E-state index in [9.17, 15) is 4.79 Å². The van der Waals surface area contributed by atoms with Gasteiger partial charge in [0.25, 0.3) is 0 Å². The number of ether oxygens (including phenoxy) is 1. The topological polar surface area (TPSA) is 55.0 Å². The fourth-order valence-electron chi connectivity index (χ4n) is 2.68. The second-order valence-electron chi connectivity index (χ2n) is 5.38. The van der Waals surface area contributed by atoms with Crippen LogP contribution in [0.1, 0.15) is 60.4 Å². The van der Waals surface area contributed by atoms with Gasteiger partial charge in [0.05, 0.1) is 7.11 Å². The molecule has 1 fully saturated rings. The molecule has 0 atom stereocenters. The van der Waals surface area contributed by atoms with Gasteiger partial charge in [0.1, 0.15) is 16.0 Å². The number of nitrogens with one attached hydrogen (secondary N) is 1. The summed E-state index contributed by atoms with van der Waals surface area (Å²) in [5.41, 5.74) is 1.13. The number of aromatic amines is 1. The Kier molecular flexibility index (Phi) is 4.34. The van der Waals surface area contributed by atoms with E-state index in [4.69, 9.17) is 17.0 Å². The number of hydrogen-bond donors (Lipinski definition) is 1. The quantitative estimate of drug-likeness (QED) is 0.665. The number of hydrogen-bond acceptors (Lipinski definition) is 4. The van der Waals surface area contributed by atoms with Crippen LogP contribution < -0.4 is 0 Å². The zero-order valence-corrected chi connectivity index (χ0v) is 12.5. The Morgan fingerprint density at radius 3 is 2.53 bits per heavy atom. The van der Waals surface area contributed by atoms with Crippen molar-refractivity contribution in [2.24, 2.45) is 5.92 Å². The summed E-state index contributed by atoms with van der Waals surface area (Å²) in [6.07, 6.45) is 4.72. The van der Waals surface area contributed by atoms with E-state index < -0.39 is 5.97 Å². The van der Waals surface area contributed by atoms with Gasteiger partial charge in [0.15, 0.2) is 0 Å². The third-order valence-electron chi connectivity index (χ3n) is 3.92. The van der Waals surface area contributed by atoms with Gasteiger partial charge >= 0.3 is 5.97 Å². The number of carbonyl (C=O) groups excluding carboxylic acids is 1. The van der Waals surface area contributed by atoms with E-state index in [1.807, 2.05) is 6.92 Å². The van der Waals surface area contributed by atoms with Crippen LogP contribution in [-0.2, 0) is 4.74 Å². The summed E-state index contributed by atoms with van der Waals surface area (Å²) in [5, 5.41) is 0. The van der Waals surface area contributed by atoms with Gasteiger partial charge in [-0.25, -0.2) is 9.78 Å². The van der Waals surface area contributed by atoms with Crippen LogP contribution in [0.5, 0.6) is 0 Å². The van der Waals surface area contributed by atoms with Gasteiger partial charge in [-0.2, -0.15) is 0 Å². The first kappa shape index (κ1) is 14.2. The maximum Gasteiger partial charge on any atom is 0.342 e. The molecule has 1 aromatic heterocycles. The van der Waals surface area contributed by atoms with Crippen molar-refractivity contribution >= 4 is 18.2 Å². The van der Waals surface area contributed by atoms with Crippen LogP contribution in [0.4, 0.5) is 0 Å². The summed E-state index contributed by atoms with van der Waals surface area (Å²) in [7, 11) is 1.35. The zero-order valence-electron chi connectivity index (χ0n) is 11.7. The molecule has 1 saturated carbocycles. The first-order valence-electron chi connectivity index (χ1n) is 6.72. The Bertz CT molecular complexity index is 531. The number of rotatable bonds is 2. The average molecular weight is 280 g/mol. The monoisotopic (exact) mass is 280 g/mol. The second-order valence-corrected chi connectivity index (χ2v) is 5.76. The molecule has 0 aromatic carbocycles. The molecule has 0 saturated heterocycles. The predicted molar refractivity (Wildman–Crippen MR) is 75.9 cm³/mol. The molecule has 0 bridgehead atoms. The fourth-order valence-corrected chi connectivity index (χ4v) is 3.01. The molecule has 1 N–H and O–H groups in total. The lowest BCUT2D eigenvalue weighted by Crippen LogP contribution is -2.16. The van der Waals surface area contributed by atoms with E-state index in [1.165, 1.54) is 20.0 Å². The first-order valence-corrected chi connectivity index (χ1v) is 7.13. The van der Waals surface area contributed by atoms with Gasteiger partial charge in [-0.05, 0) is 25.7 Å². The maximum atomic E-state index is 11.6. The smallest absolute Gasteiger partial charge is 0.342 e. The summed E-state index contributed by atoms with van der Waals surface area (Å²) in [6, 6.07) is 0. The third kappa shape index (κ3) is 3.03. The highest BCUT2D eigenvalue weighted by atomic mass is 32.1. The highest BCUT2D eigenvalue weighted by Crippen LogP contribution is 2.34. The molecule has 0 unspecified atom stereocenters. The van der Waals surface area contributed by atoms with E-state index in [1.54, 1.807) is 0 Å². The van der Waals surface area contributed by atoms with Crippen LogP contribution in [0.15, 0.2) is 0 Å². The van der Waals surface area contributed by atoms with Gasteiger partial charge in [0.2, 0.25) is 0 Å². The summed E-state index contributed by atoms with van der Waals surface area (Å²) in [4.78, 5) is 19.3. The molecule has 0 amide bonds. The van der Waals surface area contributed by atoms with Crippen molar-refractivity contribution in [3.05, 3.63) is 21.7 Å². The molecular formula is C14H20N2O2S. The van der Waals surface area contributed by atoms with Crippen molar-refractivity contribution < 1.29 is 9.53 Å². The van der Waals surface area contributed by atoms with E-state index in [0.29, 0.717) is 16.1 Å². The SMILES string of the molecule is COC(=O)c1c(C)[nH]c(C2CCC(C)CC2)nc1=S. The van der Waals surface area contributed by atoms with E-state index in [-0.39, 0.29) is 0 Å². The van der Waals surface area contributed by atoms with Crippen LogP contribution in [-0.4, -0.2) is 23.0 Å². The Hall–Kier alpha value is -1.23. The first-order chi connectivity index (χ1) is 9.02. The lowest BCUT2D eigenvalue weighted by Gasteiger charge is -2.25. The van der Waals surface area contributed by atoms with E-state index >= 15 is 0 Å². The number of carbonyl (C=O) groups is 1. The molecular weight excluding hydrogens is 260 g/mol. The highest BCUT2D eigenvalue weighted by Gasteiger charge is 2.23. The van der Waals surface area contributed by atoms with Crippen LogP contribution >= 0.6 is 12.2 Å². The summed E-state index contributed by atoms with van der Waals surface area (Å²) in [5.74, 6) is 1.73. The van der Waals surface area contributed by atoms with Crippen molar-refractivity contribution in [1.29, 1.82) is 0 Å². The van der Waals surface area contributed by atoms with Crippen LogP contribution in [0.25, 0.3) is 0 Å². The van der Waals surface area contributed by atoms with Crippen molar-refractivity contribution in [1.82, 2.24) is 9.97 Å². The highest BCUT2D eigenvalue weighted by molar-refractivity contribution is 7.71. The molecule has 0 aliphatic heterocycles. The molecule has 4 nitrogen and oxygen atoms in total. The number of aryl methyl sites for hydroxylation is 1. The number of nitrogens with zero attached hydrogens (tertiary/aromatic N) is 1. The molecule has 0 radical (unpaired) electrons. The predicted octanol–water partition coefficient (Wildman–Crippen LogP) is 3.53. The zero-order chi connectivity index (χ0) is 14.0. The Labute approximate surface area is 118 Å². The molecule has 1 aliphatic rings. The van der Waals surface area contributed by atoms with E-state index in [2.05, 4.69) is 16.9 Å². The number of methoxy groups -OCH3 is 1. The minimum absolute atomic E-state index is 0.344. The lowest BCUT2D eigenvalue weighted by atomic mass is 9.82. The average Bonchev–Trinajstić information content (AvgIpc) is 2.38. The Morgan fingerprint density at radius 2 is 2.00 bits per heavy atom. The fraction of sp³-hybridized carbons (Fsp3) is 0.643. The number of H-pyrrole nitrogens is 1. The molecule has 19 heavy (non-hydrogen) atoms. The minimum Gasteiger partial charge on any atom is -0.465 e.